The van der Waals surface area contributed by atoms with Gasteiger partial charge in [-0.3, -0.25) is 0 Å². The average molecular weight is 184 g/mol. The summed E-state index contributed by atoms with van der Waals surface area (Å²) in [6.45, 7) is 8.84. The highest BCUT2D eigenvalue weighted by molar-refractivity contribution is 4.82. The van der Waals surface area contributed by atoms with E-state index in [-0.39, 0.29) is 6.10 Å². The summed E-state index contributed by atoms with van der Waals surface area (Å²) in [4.78, 5) is 0. The molecule has 1 aliphatic rings. The first-order valence-electron chi connectivity index (χ1n) is 5.70. The molecular weight excluding hydrogens is 160 g/mol. The van der Waals surface area contributed by atoms with Gasteiger partial charge in [-0.1, -0.05) is 27.7 Å². The predicted molar refractivity (Wildman–Crippen MR) is 56.5 cm³/mol. The normalized spacial score (nSPS) is 31.6. The Morgan fingerprint density at radius 1 is 1.00 bits per heavy atom. The van der Waals surface area contributed by atoms with Crippen molar-refractivity contribution in [3.05, 3.63) is 0 Å². The third-order valence-corrected chi connectivity index (χ3v) is 3.62. The van der Waals surface area contributed by atoms with Gasteiger partial charge < -0.3 is 5.11 Å². The molecular formula is C12H24O. The van der Waals surface area contributed by atoms with E-state index in [0.29, 0.717) is 11.8 Å². The molecule has 2 unspecified atom stereocenters. The van der Waals surface area contributed by atoms with Crippen molar-refractivity contribution < 1.29 is 5.11 Å². The first-order chi connectivity index (χ1) is 6.02. The van der Waals surface area contributed by atoms with E-state index in [1.807, 2.05) is 0 Å². The second-order valence-corrected chi connectivity index (χ2v) is 5.31. The highest BCUT2D eigenvalue weighted by Crippen LogP contribution is 2.38. The van der Waals surface area contributed by atoms with Crippen LogP contribution in [0.3, 0.4) is 0 Å². The minimum atomic E-state index is -0.0660. The van der Waals surface area contributed by atoms with Crippen LogP contribution in [0.1, 0.15) is 47.0 Å². The maximum atomic E-state index is 9.93. The van der Waals surface area contributed by atoms with E-state index in [0.717, 1.165) is 11.8 Å². The maximum Gasteiger partial charge on any atom is 0.0591 e. The van der Waals surface area contributed by atoms with Gasteiger partial charge in [0.25, 0.3) is 0 Å². The Morgan fingerprint density at radius 3 is 1.92 bits per heavy atom. The lowest BCUT2D eigenvalue weighted by Gasteiger charge is -2.22. The van der Waals surface area contributed by atoms with Crippen molar-refractivity contribution in [3.8, 4) is 0 Å². The van der Waals surface area contributed by atoms with Gasteiger partial charge in [0.05, 0.1) is 6.10 Å². The van der Waals surface area contributed by atoms with Gasteiger partial charge in [0.2, 0.25) is 0 Å². The van der Waals surface area contributed by atoms with Crippen LogP contribution >= 0.6 is 0 Å². The molecule has 0 amide bonds. The fraction of sp³-hybridized carbons (Fsp3) is 1.00. The Labute approximate surface area is 82.5 Å². The second-order valence-electron chi connectivity index (χ2n) is 5.31. The molecule has 0 bridgehead atoms. The van der Waals surface area contributed by atoms with Gasteiger partial charge in [0.15, 0.2) is 0 Å². The SMILES string of the molecule is CC(C)C1CCC([C@H](O)C(C)C)C1. The highest BCUT2D eigenvalue weighted by Gasteiger charge is 2.32. The summed E-state index contributed by atoms with van der Waals surface area (Å²) in [7, 11) is 0. The molecule has 0 aromatic heterocycles. The molecule has 0 aromatic rings. The number of aliphatic hydroxyl groups is 1. The van der Waals surface area contributed by atoms with E-state index in [4.69, 9.17) is 0 Å². The van der Waals surface area contributed by atoms with Crippen LogP contribution in [0.2, 0.25) is 0 Å². The van der Waals surface area contributed by atoms with Crippen molar-refractivity contribution in [1.82, 2.24) is 0 Å². The summed E-state index contributed by atoms with van der Waals surface area (Å²) < 4.78 is 0. The molecule has 0 aromatic carbocycles. The lowest BCUT2D eigenvalue weighted by Crippen LogP contribution is -2.24. The fourth-order valence-electron chi connectivity index (χ4n) is 2.51. The van der Waals surface area contributed by atoms with Crippen LogP contribution in [0, 0.1) is 23.7 Å². The Morgan fingerprint density at radius 2 is 1.54 bits per heavy atom. The van der Waals surface area contributed by atoms with Crippen molar-refractivity contribution in [1.29, 1.82) is 0 Å². The quantitative estimate of drug-likeness (QED) is 0.714. The van der Waals surface area contributed by atoms with Crippen molar-refractivity contribution in [3.63, 3.8) is 0 Å². The van der Waals surface area contributed by atoms with Crippen LogP contribution in [0.15, 0.2) is 0 Å². The van der Waals surface area contributed by atoms with E-state index in [1.54, 1.807) is 0 Å². The van der Waals surface area contributed by atoms with Crippen LogP contribution in [0.4, 0.5) is 0 Å². The molecule has 0 radical (unpaired) electrons. The number of hydrogen-bond donors (Lipinski definition) is 1. The summed E-state index contributed by atoms with van der Waals surface area (Å²) >= 11 is 0. The summed E-state index contributed by atoms with van der Waals surface area (Å²) in [6, 6.07) is 0. The molecule has 1 N–H and O–H groups in total. The average Bonchev–Trinajstić information content (AvgIpc) is 2.50. The van der Waals surface area contributed by atoms with E-state index < -0.39 is 0 Å². The molecule has 1 fully saturated rings. The molecule has 0 saturated heterocycles. The van der Waals surface area contributed by atoms with Crippen LogP contribution < -0.4 is 0 Å². The van der Waals surface area contributed by atoms with Crippen molar-refractivity contribution in [2.24, 2.45) is 23.7 Å². The monoisotopic (exact) mass is 184 g/mol. The lowest BCUT2D eigenvalue weighted by atomic mass is 9.88. The molecule has 0 spiro atoms. The minimum absolute atomic E-state index is 0.0660. The van der Waals surface area contributed by atoms with Crippen LogP contribution in [0.25, 0.3) is 0 Å². The Bertz CT molecular complexity index is 151. The Hall–Kier alpha value is -0.0400. The summed E-state index contributed by atoms with van der Waals surface area (Å²) in [5.41, 5.74) is 0. The van der Waals surface area contributed by atoms with Crippen LogP contribution in [-0.4, -0.2) is 11.2 Å². The number of hydrogen-bond acceptors (Lipinski definition) is 1. The molecule has 13 heavy (non-hydrogen) atoms. The van der Waals surface area contributed by atoms with Gasteiger partial charge in [-0.15, -0.1) is 0 Å². The maximum absolute atomic E-state index is 9.93. The summed E-state index contributed by atoms with van der Waals surface area (Å²) in [5.74, 6) is 2.66. The molecule has 3 atom stereocenters. The van der Waals surface area contributed by atoms with Crippen molar-refractivity contribution in [2.75, 3.05) is 0 Å². The van der Waals surface area contributed by atoms with Crippen molar-refractivity contribution >= 4 is 0 Å². The zero-order chi connectivity index (χ0) is 10.0. The molecule has 1 aliphatic carbocycles. The summed E-state index contributed by atoms with van der Waals surface area (Å²) in [5, 5.41) is 9.93. The van der Waals surface area contributed by atoms with E-state index >= 15 is 0 Å². The highest BCUT2D eigenvalue weighted by atomic mass is 16.3. The molecule has 0 aliphatic heterocycles. The summed E-state index contributed by atoms with van der Waals surface area (Å²) in [6.07, 6.45) is 3.74. The Kier molecular flexibility index (Phi) is 3.78. The first kappa shape index (κ1) is 11.0. The molecule has 1 saturated carbocycles. The van der Waals surface area contributed by atoms with Gasteiger partial charge in [-0.2, -0.15) is 0 Å². The van der Waals surface area contributed by atoms with Crippen LogP contribution in [-0.2, 0) is 0 Å². The third kappa shape index (κ3) is 2.70. The largest absolute Gasteiger partial charge is 0.393 e. The second kappa shape index (κ2) is 4.45. The Balaban J connectivity index is 2.40. The van der Waals surface area contributed by atoms with Crippen LogP contribution in [0.5, 0.6) is 0 Å². The molecule has 1 rings (SSSR count). The fourth-order valence-corrected chi connectivity index (χ4v) is 2.51. The molecule has 0 heterocycles. The predicted octanol–water partition coefficient (Wildman–Crippen LogP) is 3.08. The topological polar surface area (TPSA) is 20.2 Å². The minimum Gasteiger partial charge on any atom is -0.393 e. The lowest BCUT2D eigenvalue weighted by molar-refractivity contribution is 0.0643. The van der Waals surface area contributed by atoms with E-state index in [9.17, 15) is 5.11 Å². The van der Waals surface area contributed by atoms with Crippen molar-refractivity contribution in [2.45, 2.75) is 53.1 Å². The zero-order valence-electron chi connectivity index (χ0n) is 9.46. The zero-order valence-corrected chi connectivity index (χ0v) is 9.46. The smallest absolute Gasteiger partial charge is 0.0591 e. The van der Waals surface area contributed by atoms with Gasteiger partial charge in [-0.05, 0) is 42.9 Å². The van der Waals surface area contributed by atoms with Gasteiger partial charge in [0.1, 0.15) is 0 Å². The first-order valence-corrected chi connectivity index (χ1v) is 5.70. The number of rotatable bonds is 3. The third-order valence-electron chi connectivity index (χ3n) is 3.62. The van der Waals surface area contributed by atoms with Gasteiger partial charge in [0, 0.05) is 0 Å². The van der Waals surface area contributed by atoms with E-state index in [2.05, 4.69) is 27.7 Å². The molecule has 78 valence electrons. The number of aliphatic hydroxyl groups excluding tert-OH is 1. The molecule has 1 nitrogen and oxygen atoms in total. The van der Waals surface area contributed by atoms with E-state index in [1.165, 1.54) is 19.3 Å². The molecule has 1 heteroatoms. The standard InChI is InChI=1S/C12H24O/c1-8(2)10-5-6-11(7-10)12(13)9(3)4/h8-13H,5-7H2,1-4H3/t10?,11?,12-/m1/s1. The van der Waals surface area contributed by atoms with Gasteiger partial charge >= 0.3 is 0 Å². The van der Waals surface area contributed by atoms with Gasteiger partial charge in [-0.25, -0.2) is 0 Å².